The van der Waals surface area contributed by atoms with Crippen molar-refractivity contribution < 1.29 is 23.9 Å². The smallest absolute Gasteiger partial charge is 0.335 e. The minimum atomic E-state index is -1.000. The first kappa shape index (κ1) is 26.6. The number of ketones is 1. The van der Waals surface area contributed by atoms with E-state index in [4.69, 9.17) is 0 Å². The second kappa shape index (κ2) is 11.6. The fraction of sp³-hybridized carbons (Fsp3) is 0.296. The zero-order valence-corrected chi connectivity index (χ0v) is 20.7. The van der Waals surface area contributed by atoms with E-state index < -0.39 is 11.9 Å². The number of Topliss-reactive ketones (excluding diaryl/α,β-unsaturated/α-hetero) is 1. The minimum absolute atomic E-state index is 0.0599. The van der Waals surface area contributed by atoms with Crippen LogP contribution in [0.4, 0.5) is 4.39 Å². The highest BCUT2D eigenvalue weighted by Gasteiger charge is 2.22. The fourth-order valence-corrected chi connectivity index (χ4v) is 3.99. The van der Waals surface area contributed by atoms with Crippen molar-refractivity contribution in [3.8, 4) is 0 Å². The summed E-state index contributed by atoms with van der Waals surface area (Å²) in [5.41, 5.74) is 3.65. The second-order valence-corrected chi connectivity index (χ2v) is 8.83. The Balaban J connectivity index is 1.82. The van der Waals surface area contributed by atoms with Crippen LogP contribution in [0.1, 0.15) is 68.6 Å². The molecule has 0 saturated heterocycles. The van der Waals surface area contributed by atoms with E-state index >= 15 is 0 Å². The van der Waals surface area contributed by atoms with Crippen molar-refractivity contribution in [1.82, 2.24) is 20.2 Å². The van der Waals surface area contributed by atoms with Crippen molar-refractivity contribution in [2.75, 3.05) is 6.54 Å². The summed E-state index contributed by atoms with van der Waals surface area (Å²) in [6.07, 6.45) is 2.83. The summed E-state index contributed by atoms with van der Waals surface area (Å²) in [6, 6.07) is 9.46. The number of carbonyl (C=O) groups excluding carboxylic acids is 2. The number of carboxylic acid groups (broad SMARTS) is 1. The molecule has 0 saturated carbocycles. The van der Waals surface area contributed by atoms with Crippen molar-refractivity contribution in [2.24, 2.45) is 0 Å². The summed E-state index contributed by atoms with van der Waals surface area (Å²) in [4.78, 5) is 46.5. The maximum atomic E-state index is 13.5. The van der Waals surface area contributed by atoms with E-state index in [1.807, 2.05) is 11.8 Å². The molecule has 0 unspecified atom stereocenters. The van der Waals surface area contributed by atoms with Gasteiger partial charge >= 0.3 is 5.97 Å². The van der Waals surface area contributed by atoms with Crippen molar-refractivity contribution >= 4 is 17.7 Å². The zero-order valence-electron chi connectivity index (χ0n) is 20.7. The minimum Gasteiger partial charge on any atom is -0.478 e. The Kier molecular flexibility index (Phi) is 8.60. The molecule has 0 aliphatic carbocycles. The number of aryl methyl sites for hydroxylation is 2. The molecule has 0 aliphatic rings. The number of rotatable bonds is 10. The topological polar surface area (TPSA) is 112 Å². The van der Waals surface area contributed by atoms with Crippen LogP contribution in [0.3, 0.4) is 0 Å². The summed E-state index contributed by atoms with van der Waals surface area (Å²) >= 11 is 0. The molecule has 9 heteroatoms. The molecule has 1 aromatic heterocycles. The Hall–Kier alpha value is -3.98. The monoisotopic (exact) mass is 492 g/mol. The van der Waals surface area contributed by atoms with Gasteiger partial charge in [0, 0.05) is 30.9 Å². The number of amides is 1. The summed E-state index contributed by atoms with van der Waals surface area (Å²) in [7, 11) is 0. The van der Waals surface area contributed by atoms with E-state index in [9.17, 15) is 23.9 Å². The Labute approximate surface area is 209 Å². The van der Waals surface area contributed by atoms with Crippen molar-refractivity contribution in [3.05, 3.63) is 93.8 Å². The molecule has 8 nitrogen and oxygen atoms in total. The molecule has 1 heterocycles. The van der Waals surface area contributed by atoms with Crippen molar-refractivity contribution in [3.63, 3.8) is 0 Å². The van der Waals surface area contributed by atoms with E-state index in [2.05, 4.69) is 15.3 Å². The highest BCUT2D eigenvalue weighted by Crippen LogP contribution is 2.25. The number of carbonyl (C=O) groups is 3. The standard InChI is InChI=1S/C27H29FN4O4/c1-16-10-21(6-7-23(16)27(35)36)19(4)32(13-18(3)33)14-22-12-29-15-31-25(22)26(34)30-11-20-5-8-24(28)17(2)9-20/h5-10,12,15,19H,11,13-14H2,1-4H3,(H,30,34)(H,35,36)/t19-/m0/s1. The van der Waals surface area contributed by atoms with E-state index in [0.717, 1.165) is 11.1 Å². The van der Waals surface area contributed by atoms with Gasteiger partial charge in [-0.3, -0.25) is 14.5 Å². The lowest BCUT2D eigenvalue weighted by Gasteiger charge is -2.29. The Bertz CT molecular complexity index is 1290. The lowest BCUT2D eigenvalue weighted by Crippen LogP contribution is -2.33. The van der Waals surface area contributed by atoms with E-state index in [0.29, 0.717) is 16.7 Å². The van der Waals surface area contributed by atoms with Gasteiger partial charge in [0.2, 0.25) is 0 Å². The first-order valence-electron chi connectivity index (χ1n) is 11.5. The van der Waals surface area contributed by atoms with Crippen LogP contribution in [-0.2, 0) is 17.9 Å². The summed E-state index contributed by atoms with van der Waals surface area (Å²) in [5.74, 6) is -1.78. The van der Waals surface area contributed by atoms with Gasteiger partial charge in [-0.15, -0.1) is 0 Å². The second-order valence-electron chi connectivity index (χ2n) is 8.83. The van der Waals surface area contributed by atoms with Gasteiger partial charge in [-0.2, -0.15) is 0 Å². The third-order valence-electron chi connectivity index (χ3n) is 5.99. The molecule has 0 radical (unpaired) electrons. The number of aromatic nitrogens is 2. The van der Waals surface area contributed by atoms with Gasteiger partial charge in [0.15, 0.2) is 0 Å². The van der Waals surface area contributed by atoms with Crippen LogP contribution in [0.15, 0.2) is 48.9 Å². The lowest BCUT2D eigenvalue weighted by atomic mass is 9.99. The molecule has 3 aromatic rings. The SMILES string of the molecule is CC(=O)CN(Cc1cncnc1C(=O)NCc1ccc(F)c(C)c1)[C@@H](C)c1ccc(C(=O)O)c(C)c1. The van der Waals surface area contributed by atoms with Crippen LogP contribution < -0.4 is 5.32 Å². The third kappa shape index (κ3) is 6.57. The van der Waals surface area contributed by atoms with Gasteiger partial charge < -0.3 is 10.4 Å². The quantitative estimate of drug-likeness (QED) is 0.440. The van der Waals surface area contributed by atoms with Crippen LogP contribution in [0, 0.1) is 19.7 Å². The lowest BCUT2D eigenvalue weighted by molar-refractivity contribution is -0.118. The highest BCUT2D eigenvalue weighted by molar-refractivity contribution is 5.93. The summed E-state index contributed by atoms with van der Waals surface area (Å²) in [6.45, 7) is 7.32. The Morgan fingerprint density at radius 1 is 1.11 bits per heavy atom. The highest BCUT2D eigenvalue weighted by atomic mass is 19.1. The van der Waals surface area contributed by atoms with Gasteiger partial charge in [-0.1, -0.05) is 24.3 Å². The number of nitrogens with zero attached hydrogens (tertiary/aromatic N) is 3. The maximum Gasteiger partial charge on any atom is 0.335 e. The first-order valence-corrected chi connectivity index (χ1v) is 11.5. The molecular weight excluding hydrogens is 463 g/mol. The summed E-state index contributed by atoms with van der Waals surface area (Å²) in [5, 5.41) is 12.1. The van der Waals surface area contributed by atoms with Crippen LogP contribution >= 0.6 is 0 Å². The third-order valence-corrected chi connectivity index (χ3v) is 5.99. The predicted molar refractivity (Wildman–Crippen MR) is 132 cm³/mol. The molecule has 0 spiro atoms. The average Bonchev–Trinajstić information content (AvgIpc) is 2.83. The van der Waals surface area contributed by atoms with Crippen molar-refractivity contribution in [1.29, 1.82) is 0 Å². The van der Waals surface area contributed by atoms with Gasteiger partial charge in [0.1, 0.15) is 23.6 Å². The molecule has 0 fully saturated rings. The Morgan fingerprint density at radius 3 is 2.50 bits per heavy atom. The van der Waals surface area contributed by atoms with Gasteiger partial charge in [0.05, 0.1) is 12.1 Å². The normalized spacial score (nSPS) is 11.8. The molecule has 1 atom stereocenters. The summed E-state index contributed by atoms with van der Waals surface area (Å²) < 4.78 is 13.5. The molecular formula is C27H29FN4O4. The van der Waals surface area contributed by atoms with E-state index in [1.165, 1.54) is 19.3 Å². The first-order chi connectivity index (χ1) is 17.1. The largest absolute Gasteiger partial charge is 0.478 e. The number of benzene rings is 2. The van der Waals surface area contributed by atoms with E-state index in [1.54, 1.807) is 50.4 Å². The van der Waals surface area contributed by atoms with Gasteiger partial charge in [-0.05, 0) is 62.1 Å². The van der Waals surface area contributed by atoms with Crippen LogP contribution in [0.25, 0.3) is 0 Å². The number of hydrogen-bond donors (Lipinski definition) is 2. The molecule has 0 bridgehead atoms. The molecule has 36 heavy (non-hydrogen) atoms. The van der Waals surface area contributed by atoms with E-state index in [-0.39, 0.29) is 48.5 Å². The number of carboxylic acids is 1. The average molecular weight is 493 g/mol. The van der Waals surface area contributed by atoms with Crippen LogP contribution in [0.5, 0.6) is 0 Å². The van der Waals surface area contributed by atoms with Crippen molar-refractivity contribution in [2.45, 2.75) is 46.8 Å². The van der Waals surface area contributed by atoms with Gasteiger partial charge in [0.25, 0.3) is 5.91 Å². The zero-order chi connectivity index (χ0) is 26.4. The Morgan fingerprint density at radius 2 is 1.86 bits per heavy atom. The fourth-order valence-electron chi connectivity index (χ4n) is 3.99. The molecule has 2 N–H and O–H groups in total. The van der Waals surface area contributed by atoms with Crippen LogP contribution in [0.2, 0.25) is 0 Å². The number of aromatic carboxylic acids is 1. The van der Waals surface area contributed by atoms with Crippen LogP contribution in [-0.4, -0.2) is 44.2 Å². The number of nitrogens with one attached hydrogen (secondary N) is 1. The predicted octanol–water partition coefficient (Wildman–Crippen LogP) is 4.01. The molecule has 2 aromatic carbocycles. The van der Waals surface area contributed by atoms with Gasteiger partial charge in [-0.25, -0.2) is 19.2 Å². The molecule has 188 valence electrons. The number of hydrogen-bond acceptors (Lipinski definition) is 6. The molecule has 0 aliphatic heterocycles. The maximum absolute atomic E-state index is 13.5. The molecule has 1 amide bonds. The molecule has 3 rings (SSSR count). The number of halogens is 1.